The fourth-order valence-corrected chi connectivity index (χ4v) is 1.63. The lowest BCUT2D eigenvalue weighted by Gasteiger charge is -2.05. The van der Waals surface area contributed by atoms with E-state index in [-0.39, 0.29) is 5.75 Å². The Balaban J connectivity index is 2.09. The van der Waals surface area contributed by atoms with Gasteiger partial charge in [0, 0.05) is 10.6 Å². The Kier molecular flexibility index (Phi) is 4.26. The number of nitrogens with one attached hydrogen (secondary N) is 1. The highest BCUT2D eigenvalue weighted by molar-refractivity contribution is 6.30. The van der Waals surface area contributed by atoms with Crippen molar-refractivity contribution in [1.29, 1.82) is 0 Å². The van der Waals surface area contributed by atoms with Gasteiger partial charge in [-0.15, -0.1) is 0 Å². The van der Waals surface area contributed by atoms with Gasteiger partial charge in [0.05, 0.1) is 19.0 Å². The monoisotopic (exact) mass is 276 g/mol. The number of nitrogens with zero attached hydrogens (tertiary/aromatic N) is 1. The number of hydrogen-bond donors (Lipinski definition) is 2. The smallest absolute Gasteiger partial charge is 0.166 e. The topological polar surface area (TPSA) is 53.8 Å². The van der Waals surface area contributed by atoms with Crippen LogP contribution in [0.1, 0.15) is 5.56 Å². The summed E-state index contributed by atoms with van der Waals surface area (Å²) in [5.41, 5.74) is 4.22. The largest absolute Gasteiger partial charge is 0.504 e. The lowest BCUT2D eigenvalue weighted by atomic mass is 10.2. The van der Waals surface area contributed by atoms with Crippen LogP contribution in [0.15, 0.2) is 47.6 Å². The Morgan fingerprint density at radius 2 is 1.95 bits per heavy atom. The summed E-state index contributed by atoms with van der Waals surface area (Å²) in [6.45, 7) is 0. The number of hydrazone groups is 1. The Labute approximate surface area is 116 Å². The quantitative estimate of drug-likeness (QED) is 0.664. The van der Waals surface area contributed by atoms with Crippen LogP contribution in [0.3, 0.4) is 0 Å². The maximum absolute atomic E-state index is 9.86. The van der Waals surface area contributed by atoms with E-state index in [9.17, 15) is 5.11 Å². The molecule has 0 radical (unpaired) electrons. The standard InChI is InChI=1S/C14H13ClN2O2/c1-19-13-4-2-3-10(14(13)18)9-16-17-12-7-5-11(15)6-8-12/h2-9,17-18H,1H3. The lowest BCUT2D eigenvalue weighted by Crippen LogP contribution is -1.92. The highest BCUT2D eigenvalue weighted by Crippen LogP contribution is 2.28. The van der Waals surface area contributed by atoms with E-state index in [1.54, 1.807) is 30.3 Å². The van der Waals surface area contributed by atoms with Gasteiger partial charge in [0.2, 0.25) is 0 Å². The van der Waals surface area contributed by atoms with Crippen LogP contribution in [-0.4, -0.2) is 18.4 Å². The molecule has 2 N–H and O–H groups in total. The molecule has 4 nitrogen and oxygen atoms in total. The molecule has 0 saturated heterocycles. The number of phenolic OH excluding ortho intramolecular Hbond substituents is 1. The minimum Gasteiger partial charge on any atom is -0.504 e. The van der Waals surface area contributed by atoms with Gasteiger partial charge in [-0.25, -0.2) is 0 Å². The maximum Gasteiger partial charge on any atom is 0.166 e. The molecule has 0 spiro atoms. The number of hydrogen-bond acceptors (Lipinski definition) is 4. The van der Waals surface area contributed by atoms with Gasteiger partial charge in [-0.3, -0.25) is 5.43 Å². The fourth-order valence-electron chi connectivity index (χ4n) is 1.51. The summed E-state index contributed by atoms with van der Waals surface area (Å²) in [5, 5.41) is 14.6. The molecule has 2 rings (SSSR count). The molecular formula is C14H13ClN2O2. The molecule has 98 valence electrons. The molecule has 19 heavy (non-hydrogen) atoms. The molecule has 5 heteroatoms. The molecule has 0 aromatic heterocycles. The van der Waals surface area contributed by atoms with Crippen molar-refractivity contribution in [3.05, 3.63) is 53.1 Å². The Bertz CT molecular complexity index is 582. The van der Waals surface area contributed by atoms with Crippen LogP contribution < -0.4 is 10.2 Å². The predicted molar refractivity (Wildman–Crippen MR) is 77.3 cm³/mol. The van der Waals surface area contributed by atoms with Crippen molar-refractivity contribution in [2.45, 2.75) is 0 Å². The Hall–Kier alpha value is -2.20. The molecule has 0 aliphatic rings. The van der Waals surface area contributed by atoms with Crippen LogP contribution in [-0.2, 0) is 0 Å². The molecule has 0 unspecified atom stereocenters. The van der Waals surface area contributed by atoms with Gasteiger partial charge in [0.25, 0.3) is 0 Å². The van der Waals surface area contributed by atoms with Crippen molar-refractivity contribution in [3.8, 4) is 11.5 Å². The number of benzene rings is 2. The number of rotatable bonds is 4. The zero-order valence-corrected chi connectivity index (χ0v) is 11.1. The maximum atomic E-state index is 9.86. The van der Waals surface area contributed by atoms with Crippen molar-refractivity contribution in [3.63, 3.8) is 0 Å². The van der Waals surface area contributed by atoms with E-state index >= 15 is 0 Å². The summed E-state index contributed by atoms with van der Waals surface area (Å²) >= 11 is 5.78. The van der Waals surface area contributed by atoms with Gasteiger partial charge in [0.1, 0.15) is 0 Å². The van der Waals surface area contributed by atoms with Crippen LogP contribution in [0.4, 0.5) is 5.69 Å². The summed E-state index contributed by atoms with van der Waals surface area (Å²) in [6, 6.07) is 12.4. The second-order valence-corrected chi connectivity index (χ2v) is 4.21. The number of methoxy groups -OCH3 is 1. The summed E-state index contributed by atoms with van der Waals surface area (Å²) < 4.78 is 5.02. The molecule has 0 heterocycles. The minimum absolute atomic E-state index is 0.0617. The van der Waals surface area contributed by atoms with Gasteiger partial charge in [0.15, 0.2) is 11.5 Å². The highest BCUT2D eigenvalue weighted by Gasteiger charge is 2.04. The number of phenols is 1. The number of ether oxygens (including phenoxy) is 1. The van der Waals surface area contributed by atoms with Gasteiger partial charge in [-0.2, -0.15) is 5.10 Å². The summed E-state index contributed by atoms with van der Waals surface area (Å²) in [7, 11) is 1.50. The van der Waals surface area contributed by atoms with Crippen LogP contribution >= 0.6 is 11.6 Å². The van der Waals surface area contributed by atoms with Crippen LogP contribution in [0, 0.1) is 0 Å². The predicted octanol–water partition coefficient (Wildman–Crippen LogP) is 3.50. The van der Waals surface area contributed by atoms with Crippen LogP contribution in [0.5, 0.6) is 11.5 Å². The molecule has 0 bridgehead atoms. The molecular weight excluding hydrogens is 264 g/mol. The van der Waals surface area contributed by atoms with Crippen molar-refractivity contribution >= 4 is 23.5 Å². The molecule has 0 saturated carbocycles. The van der Waals surface area contributed by atoms with E-state index in [4.69, 9.17) is 16.3 Å². The van der Waals surface area contributed by atoms with Crippen molar-refractivity contribution in [2.24, 2.45) is 5.10 Å². The second-order valence-electron chi connectivity index (χ2n) is 3.78. The van der Waals surface area contributed by atoms with Gasteiger partial charge in [-0.05, 0) is 36.4 Å². The number of halogens is 1. The normalized spacial score (nSPS) is 10.6. The van der Waals surface area contributed by atoms with Gasteiger partial charge < -0.3 is 9.84 Å². The number of para-hydroxylation sites is 1. The Morgan fingerprint density at radius 3 is 2.63 bits per heavy atom. The third kappa shape index (κ3) is 3.39. The van der Waals surface area contributed by atoms with E-state index in [2.05, 4.69) is 10.5 Å². The molecule has 2 aromatic rings. The van der Waals surface area contributed by atoms with Gasteiger partial charge in [-0.1, -0.05) is 17.7 Å². The molecule has 0 aliphatic carbocycles. The van der Waals surface area contributed by atoms with Crippen molar-refractivity contribution in [2.75, 3.05) is 12.5 Å². The average molecular weight is 277 g/mol. The molecule has 0 fully saturated rings. The third-order valence-corrected chi connectivity index (χ3v) is 2.74. The first-order chi connectivity index (χ1) is 9.20. The Morgan fingerprint density at radius 1 is 1.21 bits per heavy atom. The lowest BCUT2D eigenvalue weighted by molar-refractivity contribution is 0.373. The van der Waals surface area contributed by atoms with E-state index in [0.717, 1.165) is 5.69 Å². The van der Waals surface area contributed by atoms with Crippen LogP contribution in [0.25, 0.3) is 0 Å². The van der Waals surface area contributed by atoms with E-state index in [1.165, 1.54) is 13.3 Å². The number of anilines is 1. The second kappa shape index (κ2) is 6.11. The fraction of sp³-hybridized carbons (Fsp3) is 0.0714. The van der Waals surface area contributed by atoms with Crippen LogP contribution in [0.2, 0.25) is 5.02 Å². The zero-order valence-electron chi connectivity index (χ0n) is 10.3. The zero-order chi connectivity index (χ0) is 13.7. The highest BCUT2D eigenvalue weighted by atomic mass is 35.5. The molecule has 0 atom stereocenters. The van der Waals surface area contributed by atoms with Crippen molar-refractivity contribution in [1.82, 2.24) is 0 Å². The summed E-state index contributed by atoms with van der Waals surface area (Å²) in [6.07, 6.45) is 1.52. The average Bonchev–Trinajstić information content (AvgIpc) is 2.43. The first-order valence-corrected chi connectivity index (χ1v) is 5.99. The first kappa shape index (κ1) is 13.2. The minimum atomic E-state index is 0.0617. The first-order valence-electron chi connectivity index (χ1n) is 5.61. The SMILES string of the molecule is COc1cccc(C=NNc2ccc(Cl)cc2)c1O. The number of aromatic hydroxyl groups is 1. The molecule has 2 aromatic carbocycles. The van der Waals surface area contributed by atoms with E-state index in [1.807, 2.05) is 12.1 Å². The van der Waals surface area contributed by atoms with E-state index < -0.39 is 0 Å². The summed E-state index contributed by atoms with van der Waals surface area (Å²) in [5.74, 6) is 0.474. The molecule has 0 aliphatic heterocycles. The van der Waals surface area contributed by atoms with Crippen molar-refractivity contribution < 1.29 is 9.84 Å². The van der Waals surface area contributed by atoms with Gasteiger partial charge >= 0.3 is 0 Å². The molecule has 0 amide bonds. The summed E-state index contributed by atoms with van der Waals surface area (Å²) in [4.78, 5) is 0. The third-order valence-electron chi connectivity index (χ3n) is 2.49. The van der Waals surface area contributed by atoms with E-state index in [0.29, 0.717) is 16.3 Å².